The van der Waals surface area contributed by atoms with E-state index in [2.05, 4.69) is 5.32 Å². The average Bonchev–Trinajstić information content (AvgIpc) is 3.24. The van der Waals surface area contributed by atoms with Crippen molar-refractivity contribution in [3.8, 4) is 0 Å². The van der Waals surface area contributed by atoms with Gasteiger partial charge in [0.25, 0.3) is 5.91 Å². The summed E-state index contributed by atoms with van der Waals surface area (Å²) in [7, 11) is 0. The molecule has 8 nitrogen and oxygen atoms in total. The molecular weight excluding hydrogens is 467 g/mol. The van der Waals surface area contributed by atoms with Crippen molar-refractivity contribution >= 4 is 23.8 Å². The Bertz CT molecular complexity index is 1050. The van der Waals surface area contributed by atoms with Crippen LogP contribution in [0.1, 0.15) is 62.4 Å². The molecule has 11 heteroatoms. The van der Waals surface area contributed by atoms with Crippen molar-refractivity contribution in [1.82, 2.24) is 15.1 Å². The van der Waals surface area contributed by atoms with E-state index < -0.39 is 47.3 Å². The summed E-state index contributed by atoms with van der Waals surface area (Å²) in [6.07, 6.45) is -3.49. The van der Waals surface area contributed by atoms with Crippen molar-refractivity contribution in [2.24, 2.45) is 5.92 Å². The number of fused-ring (bicyclic) bond motifs is 2. The number of nitrogens with zero attached hydrogens (tertiary/aromatic N) is 2. The van der Waals surface area contributed by atoms with Gasteiger partial charge in [-0.3, -0.25) is 14.4 Å². The van der Waals surface area contributed by atoms with E-state index in [1.165, 1.54) is 11.0 Å². The zero-order valence-electron chi connectivity index (χ0n) is 19.7. The third-order valence-electron chi connectivity index (χ3n) is 6.69. The summed E-state index contributed by atoms with van der Waals surface area (Å²) in [5.74, 6) is -2.05. The van der Waals surface area contributed by atoms with Gasteiger partial charge in [0.1, 0.15) is 11.6 Å². The Morgan fingerprint density at radius 2 is 1.77 bits per heavy atom. The molecule has 0 aromatic heterocycles. The van der Waals surface area contributed by atoms with Crippen LogP contribution in [-0.4, -0.2) is 63.9 Å². The molecule has 1 aliphatic carbocycles. The van der Waals surface area contributed by atoms with Gasteiger partial charge in [-0.05, 0) is 64.7 Å². The third-order valence-corrected chi connectivity index (χ3v) is 6.69. The first-order valence-corrected chi connectivity index (χ1v) is 11.6. The highest BCUT2D eigenvalue weighted by Crippen LogP contribution is 2.41. The molecule has 0 spiro atoms. The first-order chi connectivity index (χ1) is 16.3. The molecule has 3 unspecified atom stereocenters. The van der Waals surface area contributed by atoms with Crippen LogP contribution in [0.5, 0.6) is 0 Å². The lowest BCUT2D eigenvalue weighted by molar-refractivity contribution is -0.138. The predicted molar refractivity (Wildman–Crippen MR) is 117 cm³/mol. The fourth-order valence-corrected chi connectivity index (χ4v) is 5.16. The zero-order chi connectivity index (χ0) is 25.7. The Kier molecular flexibility index (Phi) is 6.31. The molecule has 1 N–H and O–H groups in total. The lowest BCUT2D eigenvalue weighted by Gasteiger charge is -2.34. The molecule has 2 bridgehead atoms. The molecule has 2 aliphatic heterocycles. The zero-order valence-corrected chi connectivity index (χ0v) is 19.7. The largest absolute Gasteiger partial charge is 0.443 e. The number of carbonyl (C=O) groups is 4. The minimum absolute atomic E-state index is 0.189. The number of likely N-dealkylation sites (tertiary alicyclic amines) is 2. The van der Waals surface area contributed by atoms with Gasteiger partial charge >= 0.3 is 12.3 Å². The molecule has 2 saturated heterocycles. The van der Waals surface area contributed by atoms with Crippen LogP contribution in [0.2, 0.25) is 0 Å². The average molecular weight is 495 g/mol. The first kappa shape index (κ1) is 25.0. The molecule has 4 amide bonds. The summed E-state index contributed by atoms with van der Waals surface area (Å²) in [5, 5.41) is 2.53. The van der Waals surface area contributed by atoms with Crippen molar-refractivity contribution in [3.63, 3.8) is 0 Å². The highest BCUT2D eigenvalue weighted by Gasteiger charge is 2.54. The summed E-state index contributed by atoms with van der Waals surface area (Å²) in [6, 6.07) is 2.44. The quantitative estimate of drug-likeness (QED) is 0.694. The van der Waals surface area contributed by atoms with Crippen molar-refractivity contribution in [3.05, 3.63) is 35.4 Å². The normalized spacial score (nSPS) is 26.8. The van der Waals surface area contributed by atoms with Gasteiger partial charge in [-0.25, -0.2) is 9.69 Å². The second-order valence-corrected chi connectivity index (χ2v) is 10.3. The van der Waals surface area contributed by atoms with Gasteiger partial charge < -0.3 is 15.0 Å². The Hall–Kier alpha value is -3.11. The molecular formula is C24H28F3N3O5. The molecule has 3 aliphatic rings. The second kappa shape index (κ2) is 8.83. The van der Waals surface area contributed by atoms with E-state index in [0.717, 1.165) is 18.2 Å². The number of rotatable bonds is 3. The molecule has 1 saturated carbocycles. The number of hydrogen-bond acceptors (Lipinski definition) is 5. The van der Waals surface area contributed by atoms with E-state index in [1.807, 2.05) is 0 Å². The van der Waals surface area contributed by atoms with E-state index in [0.29, 0.717) is 25.8 Å². The maximum atomic E-state index is 13.1. The van der Waals surface area contributed by atoms with Crippen LogP contribution in [0, 0.1) is 5.92 Å². The Morgan fingerprint density at radius 1 is 1.06 bits per heavy atom. The summed E-state index contributed by atoms with van der Waals surface area (Å²) in [6.45, 7) is 5.46. The summed E-state index contributed by atoms with van der Waals surface area (Å²) in [4.78, 5) is 54.0. The summed E-state index contributed by atoms with van der Waals surface area (Å²) in [5.41, 5.74) is -1.88. The summed E-state index contributed by atoms with van der Waals surface area (Å²) >= 11 is 0. The molecule has 1 aromatic carbocycles. The Morgan fingerprint density at radius 3 is 2.43 bits per heavy atom. The fraction of sp³-hybridized carbons (Fsp3) is 0.583. The molecule has 3 fully saturated rings. The Labute approximate surface area is 200 Å². The minimum atomic E-state index is -4.59. The molecule has 4 atom stereocenters. The molecule has 1 aromatic rings. The SMILES string of the molecule is CC(C)(C)OC(=O)N1C(=O)C2CC1CCC2N1CC[C@H](NC(=O)c2cccc(C(F)(F)F)c2)C1=O. The molecule has 2 heterocycles. The lowest BCUT2D eigenvalue weighted by Crippen LogP contribution is -2.48. The molecule has 190 valence electrons. The number of amides is 4. The number of carbonyl (C=O) groups excluding carboxylic acids is 4. The van der Waals surface area contributed by atoms with E-state index in [9.17, 15) is 32.3 Å². The van der Waals surface area contributed by atoms with Gasteiger partial charge in [0, 0.05) is 24.2 Å². The number of imide groups is 1. The van der Waals surface area contributed by atoms with Crippen LogP contribution in [-0.2, 0) is 20.5 Å². The molecule has 4 rings (SSSR count). The predicted octanol–water partition coefficient (Wildman–Crippen LogP) is 3.35. The van der Waals surface area contributed by atoms with Crippen molar-refractivity contribution in [2.75, 3.05) is 6.54 Å². The molecule has 35 heavy (non-hydrogen) atoms. The monoisotopic (exact) mass is 495 g/mol. The lowest BCUT2D eigenvalue weighted by atomic mass is 9.84. The van der Waals surface area contributed by atoms with Crippen LogP contribution in [0.4, 0.5) is 18.0 Å². The fourth-order valence-electron chi connectivity index (χ4n) is 5.16. The number of alkyl halides is 3. The first-order valence-electron chi connectivity index (χ1n) is 11.6. The van der Waals surface area contributed by atoms with E-state index in [1.54, 1.807) is 25.7 Å². The summed E-state index contributed by atoms with van der Waals surface area (Å²) < 4.78 is 44.3. The van der Waals surface area contributed by atoms with Gasteiger partial charge in [0.15, 0.2) is 0 Å². The van der Waals surface area contributed by atoms with Crippen molar-refractivity contribution in [1.29, 1.82) is 0 Å². The van der Waals surface area contributed by atoms with Crippen molar-refractivity contribution < 1.29 is 37.1 Å². The number of ether oxygens (including phenoxy) is 1. The smallest absolute Gasteiger partial charge is 0.417 e. The highest BCUT2D eigenvalue weighted by atomic mass is 19.4. The Balaban J connectivity index is 1.42. The number of nitrogens with one attached hydrogen (secondary N) is 1. The third kappa shape index (κ3) is 4.99. The maximum absolute atomic E-state index is 13.1. The van der Waals surface area contributed by atoms with Crippen LogP contribution in [0.25, 0.3) is 0 Å². The second-order valence-electron chi connectivity index (χ2n) is 10.3. The highest BCUT2D eigenvalue weighted by molar-refractivity contribution is 5.99. The number of halogens is 3. The van der Waals surface area contributed by atoms with Crippen LogP contribution in [0.15, 0.2) is 24.3 Å². The van der Waals surface area contributed by atoms with E-state index in [-0.39, 0.29) is 29.8 Å². The van der Waals surface area contributed by atoms with Gasteiger partial charge in [0.2, 0.25) is 11.8 Å². The van der Waals surface area contributed by atoms with Gasteiger partial charge in [0.05, 0.1) is 11.5 Å². The van der Waals surface area contributed by atoms with Crippen LogP contribution >= 0.6 is 0 Å². The van der Waals surface area contributed by atoms with Gasteiger partial charge in [-0.15, -0.1) is 0 Å². The number of hydrogen-bond donors (Lipinski definition) is 1. The minimum Gasteiger partial charge on any atom is -0.443 e. The van der Waals surface area contributed by atoms with Crippen LogP contribution < -0.4 is 5.32 Å². The topological polar surface area (TPSA) is 96.0 Å². The van der Waals surface area contributed by atoms with Crippen molar-refractivity contribution in [2.45, 2.75) is 76.4 Å². The van der Waals surface area contributed by atoms with Crippen LogP contribution in [0.3, 0.4) is 0 Å². The maximum Gasteiger partial charge on any atom is 0.417 e. The van der Waals surface area contributed by atoms with E-state index in [4.69, 9.17) is 4.74 Å². The van der Waals surface area contributed by atoms with Gasteiger partial charge in [-0.2, -0.15) is 13.2 Å². The number of benzene rings is 1. The van der Waals surface area contributed by atoms with E-state index >= 15 is 0 Å². The molecule has 0 radical (unpaired) electrons. The van der Waals surface area contributed by atoms with Gasteiger partial charge in [-0.1, -0.05) is 6.07 Å². The standard InChI is InChI=1S/C24H28F3N3O5/c1-23(2,3)35-22(34)30-15-7-8-18(16(12-15)20(30)32)29-10-9-17(21(29)33)28-19(31)13-5-4-6-14(11-13)24(25,26)27/h4-6,11,15-18H,7-10,12H2,1-3H3,(H,28,31)/t15?,16?,17-,18?/m0/s1.